The Bertz CT molecular complexity index is 957. The number of aryl methyl sites for hydroxylation is 3. The van der Waals surface area contributed by atoms with Crippen molar-refractivity contribution in [2.75, 3.05) is 31.1 Å². The lowest BCUT2D eigenvalue weighted by molar-refractivity contribution is -0.925. The third-order valence-electron chi connectivity index (χ3n) is 7.12. The first-order chi connectivity index (χ1) is 15.4. The number of esters is 1. The largest absolute Gasteiger partial charge is 0.457 e. The quantitative estimate of drug-likeness (QED) is 0.497. The van der Waals surface area contributed by atoms with Crippen LogP contribution in [0.5, 0.6) is 0 Å². The third-order valence-corrected chi connectivity index (χ3v) is 7.12. The Morgan fingerprint density at radius 1 is 1.03 bits per heavy atom. The van der Waals surface area contributed by atoms with Crippen molar-refractivity contribution < 1.29 is 18.8 Å². The molecule has 170 valence electrons. The van der Waals surface area contributed by atoms with Crippen molar-refractivity contribution in [2.45, 2.75) is 59.1 Å². The first kappa shape index (κ1) is 22.5. The monoisotopic (exact) mass is 435 g/mol. The van der Waals surface area contributed by atoms with Crippen LogP contribution in [0.1, 0.15) is 47.9 Å². The Hall–Kier alpha value is -2.66. The number of ether oxygens (including phenoxy) is 1. The summed E-state index contributed by atoms with van der Waals surface area (Å²) in [6.45, 7) is 9.33. The lowest BCUT2D eigenvalue weighted by Gasteiger charge is -2.44. The van der Waals surface area contributed by atoms with Gasteiger partial charge < -0.3 is 14.1 Å². The first-order valence-corrected chi connectivity index (χ1v) is 11.8. The van der Waals surface area contributed by atoms with Crippen LogP contribution in [0.2, 0.25) is 0 Å². The second kappa shape index (κ2) is 9.45. The van der Waals surface area contributed by atoms with E-state index in [-0.39, 0.29) is 31.1 Å². The molecule has 5 nitrogen and oxygen atoms in total. The number of likely N-dealkylation sites (tertiary alicyclic amines) is 1. The normalized spacial score (nSPS) is 20.4. The molecule has 2 saturated heterocycles. The van der Waals surface area contributed by atoms with Gasteiger partial charge in [0.15, 0.2) is 12.6 Å². The topological polar surface area (TPSA) is 46.6 Å². The number of carbonyl (C=O) groups excluding carboxylic acids is 2. The third kappa shape index (κ3) is 4.58. The second-order valence-electron chi connectivity index (χ2n) is 9.57. The summed E-state index contributed by atoms with van der Waals surface area (Å²) in [6.07, 6.45) is 3.91. The smallest absolute Gasteiger partial charge is 0.362 e. The Kier molecular flexibility index (Phi) is 6.66. The van der Waals surface area contributed by atoms with Crippen LogP contribution in [0.25, 0.3) is 0 Å². The number of benzene rings is 2. The maximum absolute atomic E-state index is 13.8. The van der Waals surface area contributed by atoms with E-state index in [9.17, 15) is 9.59 Å². The molecule has 0 aromatic heterocycles. The van der Waals surface area contributed by atoms with Gasteiger partial charge in [-0.3, -0.25) is 4.79 Å². The van der Waals surface area contributed by atoms with Crippen LogP contribution in [0.4, 0.5) is 5.69 Å². The Morgan fingerprint density at radius 2 is 1.69 bits per heavy atom. The molecule has 2 heterocycles. The lowest BCUT2D eigenvalue weighted by atomic mass is 9.96. The summed E-state index contributed by atoms with van der Waals surface area (Å²) in [6, 6.07) is 13.9. The van der Waals surface area contributed by atoms with E-state index in [1.165, 1.54) is 5.56 Å². The number of amides is 1. The number of carbonyl (C=O) groups is 2. The number of rotatable bonds is 6. The van der Waals surface area contributed by atoms with Gasteiger partial charge in [0.25, 0.3) is 5.91 Å². The Labute approximate surface area is 191 Å². The highest BCUT2D eigenvalue weighted by atomic mass is 16.5. The van der Waals surface area contributed by atoms with E-state index >= 15 is 0 Å². The Balaban J connectivity index is 1.52. The molecule has 2 aromatic carbocycles. The van der Waals surface area contributed by atoms with Crippen LogP contribution in [0, 0.1) is 20.8 Å². The molecule has 4 rings (SSSR count). The van der Waals surface area contributed by atoms with Gasteiger partial charge >= 0.3 is 5.97 Å². The van der Waals surface area contributed by atoms with Gasteiger partial charge in [-0.1, -0.05) is 48.0 Å². The van der Waals surface area contributed by atoms with Crippen molar-refractivity contribution in [1.29, 1.82) is 0 Å². The summed E-state index contributed by atoms with van der Waals surface area (Å²) in [4.78, 5) is 28.7. The zero-order chi connectivity index (χ0) is 22.7. The number of nitrogens with zero attached hydrogens (tertiary/aromatic N) is 2. The van der Waals surface area contributed by atoms with E-state index in [0.717, 1.165) is 67.7 Å². The predicted octanol–water partition coefficient (Wildman–Crippen LogP) is 4.46. The fourth-order valence-electron chi connectivity index (χ4n) is 5.77. The standard InChI is InChI=1S/C27H35N2O3/c1-20-16-21(2)26(22(3)17-20)28-13-9-12-24(27(28)31)29(14-7-8-15-29)18-25(30)32-19-23-10-5-4-6-11-23/h4-6,10-11,16-17,24H,7-9,12-15,18-19H2,1-3H3/q+1. The molecule has 0 N–H and O–H groups in total. The van der Waals surface area contributed by atoms with Crippen molar-refractivity contribution in [1.82, 2.24) is 0 Å². The van der Waals surface area contributed by atoms with E-state index in [4.69, 9.17) is 4.74 Å². The van der Waals surface area contributed by atoms with Gasteiger partial charge in [-0.25, -0.2) is 4.79 Å². The Morgan fingerprint density at radius 3 is 2.34 bits per heavy atom. The van der Waals surface area contributed by atoms with Gasteiger partial charge in [0.1, 0.15) is 6.61 Å². The fraction of sp³-hybridized carbons (Fsp3) is 0.481. The van der Waals surface area contributed by atoms with Gasteiger partial charge in [-0.15, -0.1) is 0 Å². The number of piperidine rings is 1. The van der Waals surface area contributed by atoms with Crippen molar-refractivity contribution >= 4 is 17.6 Å². The molecule has 2 fully saturated rings. The molecule has 0 radical (unpaired) electrons. The molecule has 1 unspecified atom stereocenters. The van der Waals surface area contributed by atoms with E-state index < -0.39 is 0 Å². The minimum Gasteiger partial charge on any atom is -0.457 e. The predicted molar refractivity (Wildman–Crippen MR) is 126 cm³/mol. The summed E-state index contributed by atoms with van der Waals surface area (Å²) >= 11 is 0. The second-order valence-corrected chi connectivity index (χ2v) is 9.57. The fourth-order valence-corrected chi connectivity index (χ4v) is 5.77. The highest BCUT2D eigenvalue weighted by molar-refractivity contribution is 5.98. The maximum Gasteiger partial charge on any atom is 0.362 e. The van der Waals surface area contributed by atoms with E-state index in [1.54, 1.807) is 0 Å². The molecular weight excluding hydrogens is 400 g/mol. The van der Waals surface area contributed by atoms with E-state index in [0.29, 0.717) is 4.48 Å². The van der Waals surface area contributed by atoms with E-state index in [1.807, 2.05) is 35.2 Å². The summed E-state index contributed by atoms with van der Waals surface area (Å²) in [5, 5.41) is 0. The molecule has 2 aliphatic heterocycles. The van der Waals surface area contributed by atoms with Gasteiger partial charge in [-0.2, -0.15) is 0 Å². The number of hydrogen-bond acceptors (Lipinski definition) is 3. The maximum atomic E-state index is 13.8. The van der Waals surface area contributed by atoms with Crippen LogP contribution >= 0.6 is 0 Å². The van der Waals surface area contributed by atoms with Crippen molar-refractivity contribution in [3.05, 3.63) is 64.7 Å². The highest BCUT2D eigenvalue weighted by Gasteiger charge is 2.49. The van der Waals surface area contributed by atoms with Gasteiger partial charge in [0.2, 0.25) is 0 Å². The van der Waals surface area contributed by atoms with Crippen molar-refractivity contribution in [2.24, 2.45) is 0 Å². The van der Waals surface area contributed by atoms with Crippen LogP contribution in [-0.2, 0) is 20.9 Å². The van der Waals surface area contributed by atoms with Gasteiger partial charge in [-0.05, 0) is 43.9 Å². The molecular formula is C27H35N2O3+. The highest BCUT2D eigenvalue weighted by Crippen LogP contribution is 2.35. The van der Waals surface area contributed by atoms with Gasteiger partial charge in [0, 0.05) is 31.5 Å². The average molecular weight is 436 g/mol. The number of hydrogen-bond donors (Lipinski definition) is 0. The van der Waals surface area contributed by atoms with Gasteiger partial charge in [0.05, 0.1) is 13.1 Å². The summed E-state index contributed by atoms with van der Waals surface area (Å²) in [5.41, 5.74) is 5.54. The first-order valence-electron chi connectivity index (χ1n) is 11.8. The summed E-state index contributed by atoms with van der Waals surface area (Å²) < 4.78 is 6.17. The van der Waals surface area contributed by atoms with Crippen LogP contribution in [-0.4, -0.2) is 48.6 Å². The summed E-state index contributed by atoms with van der Waals surface area (Å²) in [7, 11) is 0. The lowest BCUT2D eigenvalue weighted by Crippen LogP contribution is -2.64. The molecule has 2 aliphatic rings. The van der Waals surface area contributed by atoms with E-state index in [2.05, 4.69) is 32.9 Å². The van der Waals surface area contributed by atoms with Crippen LogP contribution < -0.4 is 4.90 Å². The molecule has 32 heavy (non-hydrogen) atoms. The average Bonchev–Trinajstić information content (AvgIpc) is 3.23. The molecule has 1 atom stereocenters. The van der Waals surface area contributed by atoms with Crippen LogP contribution in [0.3, 0.4) is 0 Å². The SMILES string of the molecule is Cc1cc(C)c(N2CCCC([N+]3(CC(=O)OCc4ccccc4)CCCC3)C2=O)c(C)c1. The van der Waals surface area contributed by atoms with Crippen molar-refractivity contribution in [3.63, 3.8) is 0 Å². The molecule has 0 aliphatic carbocycles. The molecule has 0 spiro atoms. The zero-order valence-corrected chi connectivity index (χ0v) is 19.6. The summed E-state index contributed by atoms with van der Waals surface area (Å²) in [5.74, 6) is -0.0348. The van der Waals surface area contributed by atoms with Crippen molar-refractivity contribution in [3.8, 4) is 0 Å². The molecule has 1 amide bonds. The molecule has 2 aromatic rings. The number of anilines is 1. The van der Waals surface area contributed by atoms with Crippen LogP contribution in [0.15, 0.2) is 42.5 Å². The minimum atomic E-state index is -0.205. The molecule has 0 bridgehead atoms. The number of quaternary nitrogens is 1. The molecule has 5 heteroatoms. The minimum absolute atomic E-state index is 0.170. The molecule has 0 saturated carbocycles. The zero-order valence-electron chi connectivity index (χ0n) is 19.6.